The number of carbonyl (C=O) groups excluding carboxylic acids is 1. The number of carboxylic acids is 1. The number of nitrogens with one attached hydrogen (secondary N) is 1. The van der Waals surface area contributed by atoms with Crippen molar-refractivity contribution in [2.45, 2.75) is 44.8 Å². The minimum absolute atomic E-state index is 0.131. The van der Waals surface area contributed by atoms with Gasteiger partial charge in [-0.1, -0.05) is 12.8 Å². The van der Waals surface area contributed by atoms with Crippen molar-refractivity contribution >= 4 is 11.9 Å². The average molecular weight is 295 g/mol. The van der Waals surface area contributed by atoms with E-state index in [4.69, 9.17) is 9.84 Å². The van der Waals surface area contributed by atoms with Crippen molar-refractivity contribution in [3.05, 3.63) is 29.6 Å². The molecule has 0 aromatic heterocycles. The van der Waals surface area contributed by atoms with Crippen LogP contribution in [0.1, 0.15) is 43.0 Å². The van der Waals surface area contributed by atoms with Gasteiger partial charge < -0.3 is 15.2 Å². The van der Waals surface area contributed by atoms with Crippen LogP contribution in [0, 0.1) is 5.82 Å². The molecule has 0 bridgehead atoms. The Labute approximate surface area is 122 Å². The van der Waals surface area contributed by atoms with Gasteiger partial charge in [-0.2, -0.15) is 0 Å². The van der Waals surface area contributed by atoms with Crippen LogP contribution in [0.3, 0.4) is 0 Å². The molecule has 1 saturated carbocycles. The number of rotatable bonds is 5. The molecule has 0 radical (unpaired) electrons. The maximum atomic E-state index is 13.5. The number of carboxylic acid groups (broad SMARTS) is 1. The Morgan fingerprint density at radius 1 is 1.38 bits per heavy atom. The van der Waals surface area contributed by atoms with E-state index in [1.165, 1.54) is 6.07 Å². The molecule has 1 unspecified atom stereocenters. The summed E-state index contributed by atoms with van der Waals surface area (Å²) in [6, 6.07) is 3.62. The van der Waals surface area contributed by atoms with E-state index in [1.807, 2.05) is 0 Å². The molecule has 6 heteroatoms. The minimum atomic E-state index is -1.34. The van der Waals surface area contributed by atoms with Crippen LogP contribution in [0.25, 0.3) is 0 Å². The topological polar surface area (TPSA) is 75.6 Å². The van der Waals surface area contributed by atoms with Crippen molar-refractivity contribution in [3.8, 4) is 5.75 Å². The molecule has 21 heavy (non-hydrogen) atoms. The fourth-order valence-electron chi connectivity index (χ4n) is 2.39. The van der Waals surface area contributed by atoms with Gasteiger partial charge in [0, 0.05) is 12.1 Å². The first kappa shape index (κ1) is 15.3. The molecule has 2 N–H and O–H groups in total. The van der Waals surface area contributed by atoms with Crippen molar-refractivity contribution in [2.75, 3.05) is 0 Å². The fraction of sp³-hybridized carbons (Fsp3) is 0.467. The third-order valence-electron chi connectivity index (χ3n) is 3.55. The molecule has 0 heterocycles. The maximum absolute atomic E-state index is 13.5. The lowest BCUT2D eigenvalue weighted by Crippen LogP contribution is -2.41. The summed E-state index contributed by atoms with van der Waals surface area (Å²) in [7, 11) is 0. The first-order chi connectivity index (χ1) is 9.97. The number of halogens is 1. The Kier molecular flexibility index (Phi) is 4.77. The van der Waals surface area contributed by atoms with Gasteiger partial charge in [0.25, 0.3) is 5.91 Å². The smallest absolute Gasteiger partial charge is 0.338 e. The largest absolute Gasteiger partial charge is 0.481 e. The highest BCUT2D eigenvalue weighted by Gasteiger charge is 2.22. The summed E-state index contributed by atoms with van der Waals surface area (Å²) in [6.45, 7) is 1.58. The Bertz CT molecular complexity index is 540. The molecule has 1 aromatic rings. The highest BCUT2D eigenvalue weighted by molar-refractivity contribution is 5.88. The molecule has 1 fully saturated rings. The normalized spacial score (nSPS) is 16.5. The fourth-order valence-corrected chi connectivity index (χ4v) is 2.39. The van der Waals surface area contributed by atoms with E-state index in [9.17, 15) is 14.0 Å². The first-order valence-electron chi connectivity index (χ1n) is 6.97. The second-order valence-corrected chi connectivity index (χ2v) is 5.20. The van der Waals surface area contributed by atoms with E-state index in [1.54, 1.807) is 6.92 Å². The van der Waals surface area contributed by atoms with Crippen molar-refractivity contribution in [3.63, 3.8) is 0 Å². The number of ether oxygens (including phenoxy) is 1. The Morgan fingerprint density at radius 2 is 2.05 bits per heavy atom. The quantitative estimate of drug-likeness (QED) is 0.874. The van der Waals surface area contributed by atoms with Crippen molar-refractivity contribution in [1.82, 2.24) is 5.32 Å². The number of amides is 1. The molecule has 0 spiro atoms. The second kappa shape index (κ2) is 6.56. The maximum Gasteiger partial charge on any atom is 0.338 e. The van der Waals surface area contributed by atoms with Crippen LogP contribution in [0.5, 0.6) is 5.75 Å². The molecule has 5 nitrogen and oxygen atoms in total. The van der Waals surface area contributed by atoms with E-state index in [0.717, 1.165) is 37.8 Å². The number of carbonyl (C=O) groups is 2. The summed E-state index contributed by atoms with van der Waals surface area (Å²) in [5.74, 6) is -2.34. The summed E-state index contributed by atoms with van der Waals surface area (Å²) in [5.41, 5.74) is -0.426. The molecule has 1 aliphatic rings. The number of benzene rings is 1. The molecule has 1 amide bonds. The Balaban J connectivity index is 1.95. The molecule has 1 aliphatic carbocycles. The zero-order chi connectivity index (χ0) is 15.4. The van der Waals surface area contributed by atoms with Gasteiger partial charge in [-0.05, 0) is 31.9 Å². The highest BCUT2D eigenvalue weighted by Crippen LogP contribution is 2.20. The van der Waals surface area contributed by atoms with Gasteiger partial charge in [0.1, 0.15) is 11.6 Å². The van der Waals surface area contributed by atoms with E-state index < -0.39 is 23.5 Å². The molecule has 0 aliphatic heterocycles. The van der Waals surface area contributed by atoms with Gasteiger partial charge >= 0.3 is 5.97 Å². The van der Waals surface area contributed by atoms with Gasteiger partial charge in [0.05, 0.1) is 5.56 Å². The van der Waals surface area contributed by atoms with Gasteiger partial charge in [-0.3, -0.25) is 4.79 Å². The first-order valence-corrected chi connectivity index (χ1v) is 6.97. The zero-order valence-corrected chi connectivity index (χ0v) is 11.8. The van der Waals surface area contributed by atoms with Crippen LogP contribution in [0.2, 0.25) is 0 Å². The molecule has 2 rings (SSSR count). The summed E-state index contributed by atoms with van der Waals surface area (Å²) >= 11 is 0. The Hall–Kier alpha value is -2.11. The van der Waals surface area contributed by atoms with Crippen molar-refractivity contribution in [2.24, 2.45) is 0 Å². The molecule has 0 saturated heterocycles. The summed E-state index contributed by atoms with van der Waals surface area (Å²) in [4.78, 5) is 22.7. The molecular formula is C15H18FNO4. The molecular weight excluding hydrogens is 277 g/mol. The predicted molar refractivity (Wildman–Crippen MR) is 73.8 cm³/mol. The van der Waals surface area contributed by atoms with E-state index in [-0.39, 0.29) is 17.7 Å². The van der Waals surface area contributed by atoms with E-state index in [2.05, 4.69) is 5.32 Å². The zero-order valence-electron chi connectivity index (χ0n) is 11.8. The summed E-state index contributed by atoms with van der Waals surface area (Å²) < 4.78 is 18.9. The van der Waals surface area contributed by atoms with Crippen LogP contribution in [0.4, 0.5) is 4.39 Å². The standard InChI is InChI=1S/C15H18FNO4/c1-9(14(18)17-10-4-2-3-5-10)21-11-6-7-12(15(19)20)13(16)8-11/h6-10H,2-5H2,1H3,(H,17,18)(H,19,20). The second-order valence-electron chi connectivity index (χ2n) is 5.20. The number of hydrogen-bond acceptors (Lipinski definition) is 3. The van der Waals surface area contributed by atoms with Crippen molar-refractivity contribution < 1.29 is 23.8 Å². The highest BCUT2D eigenvalue weighted by atomic mass is 19.1. The molecule has 1 atom stereocenters. The summed E-state index contributed by atoms with van der Waals surface area (Å²) in [5, 5.41) is 11.6. The van der Waals surface area contributed by atoms with Gasteiger partial charge in [-0.25, -0.2) is 9.18 Å². The van der Waals surface area contributed by atoms with Crippen LogP contribution in [0.15, 0.2) is 18.2 Å². The lowest BCUT2D eigenvalue weighted by atomic mass is 10.2. The summed E-state index contributed by atoms with van der Waals surface area (Å²) in [6.07, 6.45) is 3.41. The van der Waals surface area contributed by atoms with Gasteiger partial charge in [0.2, 0.25) is 0 Å². The molecule has 1 aromatic carbocycles. The van der Waals surface area contributed by atoms with Crippen LogP contribution in [-0.2, 0) is 4.79 Å². The van der Waals surface area contributed by atoms with Crippen LogP contribution >= 0.6 is 0 Å². The number of aromatic carboxylic acids is 1. The van der Waals surface area contributed by atoms with Crippen LogP contribution in [-0.4, -0.2) is 29.1 Å². The monoisotopic (exact) mass is 295 g/mol. The third-order valence-corrected chi connectivity index (χ3v) is 3.55. The lowest BCUT2D eigenvalue weighted by molar-refractivity contribution is -0.127. The minimum Gasteiger partial charge on any atom is -0.481 e. The number of hydrogen-bond donors (Lipinski definition) is 2. The Morgan fingerprint density at radius 3 is 2.62 bits per heavy atom. The van der Waals surface area contributed by atoms with Gasteiger partial charge in [0.15, 0.2) is 6.10 Å². The molecule has 114 valence electrons. The third kappa shape index (κ3) is 3.93. The van der Waals surface area contributed by atoms with E-state index >= 15 is 0 Å². The van der Waals surface area contributed by atoms with Crippen molar-refractivity contribution in [1.29, 1.82) is 0 Å². The SMILES string of the molecule is CC(Oc1ccc(C(=O)O)c(F)c1)C(=O)NC1CCCC1. The predicted octanol–water partition coefficient (Wildman–Crippen LogP) is 2.35. The van der Waals surface area contributed by atoms with Crippen LogP contribution < -0.4 is 10.1 Å². The van der Waals surface area contributed by atoms with E-state index in [0.29, 0.717) is 0 Å². The lowest BCUT2D eigenvalue weighted by Gasteiger charge is -2.18. The average Bonchev–Trinajstić information content (AvgIpc) is 2.91. The van der Waals surface area contributed by atoms with Gasteiger partial charge in [-0.15, -0.1) is 0 Å².